The van der Waals surface area contributed by atoms with Crippen LogP contribution in [0, 0.1) is 17.3 Å². The summed E-state index contributed by atoms with van der Waals surface area (Å²) < 4.78 is 6.05. The zero-order valence-corrected chi connectivity index (χ0v) is 16.6. The molecule has 2 N–H and O–H groups in total. The highest BCUT2D eigenvalue weighted by Crippen LogP contribution is 2.62. The Morgan fingerprint density at radius 1 is 1.15 bits per heavy atom. The molecule has 3 unspecified atom stereocenters. The van der Waals surface area contributed by atoms with Crippen LogP contribution in [-0.4, -0.2) is 61.2 Å². The number of amides is 1. The minimum absolute atomic E-state index is 0.340. The topological polar surface area (TPSA) is 66.0 Å². The molecule has 3 atom stereocenters. The zero-order chi connectivity index (χ0) is 18.4. The quantitative estimate of drug-likeness (QED) is 0.583. The number of rotatable bonds is 4. The lowest BCUT2D eigenvalue weighted by atomic mass is 9.46. The molecule has 2 aliphatic heterocycles. The van der Waals surface area contributed by atoms with Crippen LogP contribution in [0.3, 0.4) is 0 Å². The Labute approximate surface area is 162 Å². The predicted molar refractivity (Wildman–Crippen MR) is 104 cm³/mol. The second kappa shape index (κ2) is 6.94. The second-order valence-electron chi connectivity index (χ2n) is 9.29. The van der Waals surface area contributed by atoms with E-state index >= 15 is 0 Å². The molecular weight excluding hydrogens is 340 g/mol. The number of hydrogen-bond donors (Lipinski definition) is 2. The number of likely N-dealkylation sites (tertiary alicyclic amines) is 1. The monoisotopic (exact) mass is 374 g/mol. The van der Waals surface area contributed by atoms with E-state index in [4.69, 9.17) is 9.73 Å². The van der Waals surface area contributed by atoms with Crippen LogP contribution < -0.4 is 10.6 Å². The second-order valence-corrected chi connectivity index (χ2v) is 9.29. The fraction of sp³-hybridized carbons (Fsp3) is 0.905. The molecule has 1 spiro atoms. The minimum atomic E-state index is 0.340. The van der Waals surface area contributed by atoms with Gasteiger partial charge in [-0.1, -0.05) is 6.42 Å². The van der Waals surface area contributed by atoms with E-state index in [1.165, 1.54) is 25.7 Å². The van der Waals surface area contributed by atoms with Gasteiger partial charge in [0.1, 0.15) is 0 Å². The van der Waals surface area contributed by atoms with E-state index in [2.05, 4.69) is 22.5 Å². The fourth-order valence-corrected chi connectivity index (χ4v) is 5.92. The first-order valence-electron chi connectivity index (χ1n) is 11.2. The van der Waals surface area contributed by atoms with Gasteiger partial charge in [0.15, 0.2) is 5.96 Å². The van der Waals surface area contributed by atoms with Crippen molar-refractivity contribution in [3.63, 3.8) is 0 Å². The van der Waals surface area contributed by atoms with Crippen LogP contribution in [0.25, 0.3) is 0 Å². The summed E-state index contributed by atoms with van der Waals surface area (Å²) in [5.41, 5.74) is 0.372. The molecule has 2 saturated heterocycles. The standard InChI is InChI=1S/C21H34N4O2/c1-2-22-20(23-15-6-11-25(12-7-15)19(26)14-4-5-14)24-17-16-8-13-27-18(16)21(17)9-3-10-21/h14-18H,2-13H2,1H3,(H2,22,23,24). The number of fused-ring (bicyclic) bond motifs is 2. The maximum Gasteiger partial charge on any atom is 0.225 e. The molecule has 2 heterocycles. The van der Waals surface area contributed by atoms with Crippen molar-refractivity contribution in [1.29, 1.82) is 0 Å². The number of nitrogens with one attached hydrogen (secondary N) is 2. The van der Waals surface area contributed by atoms with Crippen molar-refractivity contribution in [2.45, 2.75) is 76.5 Å². The van der Waals surface area contributed by atoms with Crippen LogP contribution in [-0.2, 0) is 9.53 Å². The number of hydrogen-bond acceptors (Lipinski definition) is 3. The van der Waals surface area contributed by atoms with E-state index < -0.39 is 0 Å². The summed E-state index contributed by atoms with van der Waals surface area (Å²) in [6.45, 7) is 5.59. The van der Waals surface area contributed by atoms with Crippen LogP contribution in [0.15, 0.2) is 4.99 Å². The molecule has 6 nitrogen and oxygen atoms in total. The van der Waals surface area contributed by atoms with Gasteiger partial charge in [-0.15, -0.1) is 0 Å². The van der Waals surface area contributed by atoms with E-state index in [9.17, 15) is 4.79 Å². The van der Waals surface area contributed by atoms with E-state index in [0.29, 0.717) is 41.3 Å². The molecule has 1 amide bonds. The summed E-state index contributed by atoms with van der Waals surface area (Å²) >= 11 is 0. The van der Waals surface area contributed by atoms with Gasteiger partial charge in [-0.3, -0.25) is 9.79 Å². The summed E-state index contributed by atoms with van der Waals surface area (Å²) in [4.78, 5) is 19.1. The third-order valence-electron chi connectivity index (χ3n) is 7.72. The van der Waals surface area contributed by atoms with Crippen molar-refractivity contribution in [3.05, 3.63) is 0 Å². The number of carbonyl (C=O) groups is 1. The maximum atomic E-state index is 12.3. The summed E-state index contributed by atoms with van der Waals surface area (Å²) in [5, 5.41) is 7.49. The van der Waals surface area contributed by atoms with Gasteiger partial charge in [-0.05, 0) is 51.9 Å². The van der Waals surface area contributed by atoms with E-state index in [0.717, 1.165) is 57.9 Å². The smallest absolute Gasteiger partial charge is 0.225 e. The molecule has 0 aromatic carbocycles. The first-order valence-corrected chi connectivity index (χ1v) is 11.2. The molecule has 0 radical (unpaired) electrons. The molecule has 0 bridgehead atoms. The number of piperidine rings is 1. The molecule has 27 heavy (non-hydrogen) atoms. The van der Waals surface area contributed by atoms with Crippen LogP contribution in [0.1, 0.15) is 58.3 Å². The minimum Gasteiger partial charge on any atom is -0.377 e. The summed E-state index contributed by atoms with van der Waals surface area (Å²) in [7, 11) is 0. The summed E-state index contributed by atoms with van der Waals surface area (Å²) in [6.07, 6.45) is 9.86. The Balaban J connectivity index is 1.17. The number of nitrogens with zero attached hydrogens (tertiary/aromatic N) is 2. The third-order valence-corrected chi connectivity index (χ3v) is 7.72. The lowest BCUT2D eigenvalue weighted by molar-refractivity contribution is -0.171. The lowest BCUT2D eigenvalue weighted by Crippen LogP contribution is -2.72. The van der Waals surface area contributed by atoms with Crippen LogP contribution >= 0.6 is 0 Å². The Kier molecular flexibility index (Phi) is 4.57. The van der Waals surface area contributed by atoms with Gasteiger partial charge < -0.3 is 20.3 Å². The van der Waals surface area contributed by atoms with Crippen molar-refractivity contribution in [2.24, 2.45) is 22.2 Å². The van der Waals surface area contributed by atoms with Gasteiger partial charge >= 0.3 is 0 Å². The zero-order valence-electron chi connectivity index (χ0n) is 16.6. The average Bonchev–Trinajstić information content (AvgIpc) is 3.39. The molecule has 3 saturated carbocycles. The molecule has 5 rings (SSSR count). The van der Waals surface area contributed by atoms with Crippen molar-refractivity contribution >= 4 is 11.9 Å². The highest BCUT2D eigenvalue weighted by Gasteiger charge is 2.66. The number of ether oxygens (including phenoxy) is 1. The van der Waals surface area contributed by atoms with E-state index in [-0.39, 0.29) is 0 Å². The Morgan fingerprint density at radius 2 is 1.93 bits per heavy atom. The number of carbonyl (C=O) groups excluding carboxylic acids is 1. The highest BCUT2D eigenvalue weighted by molar-refractivity contribution is 5.82. The average molecular weight is 375 g/mol. The van der Waals surface area contributed by atoms with Crippen molar-refractivity contribution in [2.75, 3.05) is 26.2 Å². The molecule has 6 heteroatoms. The molecule has 150 valence electrons. The van der Waals surface area contributed by atoms with Crippen molar-refractivity contribution in [3.8, 4) is 0 Å². The molecule has 5 aliphatic rings. The molecule has 5 fully saturated rings. The Hall–Kier alpha value is -1.30. The van der Waals surface area contributed by atoms with E-state index in [1.54, 1.807) is 0 Å². The third kappa shape index (κ3) is 3.04. The van der Waals surface area contributed by atoms with Gasteiger partial charge in [0.05, 0.1) is 6.10 Å². The largest absolute Gasteiger partial charge is 0.377 e. The fourth-order valence-electron chi connectivity index (χ4n) is 5.92. The number of aliphatic imine (C=N–C) groups is 1. The van der Waals surface area contributed by atoms with Gasteiger partial charge in [0.2, 0.25) is 5.91 Å². The first kappa shape index (κ1) is 17.8. The predicted octanol–water partition coefficient (Wildman–Crippen LogP) is 1.90. The van der Waals surface area contributed by atoms with Gasteiger partial charge in [-0.25, -0.2) is 0 Å². The van der Waals surface area contributed by atoms with Crippen molar-refractivity contribution in [1.82, 2.24) is 15.5 Å². The number of guanidine groups is 1. The van der Waals surface area contributed by atoms with Crippen molar-refractivity contribution < 1.29 is 9.53 Å². The van der Waals surface area contributed by atoms with Crippen LogP contribution in [0.5, 0.6) is 0 Å². The highest BCUT2D eigenvalue weighted by atomic mass is 16.5. The maximum absolute atomic E-state index is 12.3. The Morgan fingerprint density at radius 3 is 2.56 bits per heavy atom. The SMILES string of the molecule is CCN=C(NC1CCN(C(=O)C2CC2)CC1)NC1C2CCOC2C12CCC2. The molecule has 3 aliphatic carbocycles. The van der Waals surface area contributed by atoms with Gasteiger partial charge in [0, 0.05) is 55.6 Å². The molecule has 0 aromatic heterocycles. The van der Waals surface area contributed by atoms with Crippen LogP contribution in [0.2, 0.25) is 0 Å². The first-order chi connectivity index (χ1) is 13.2. The summed E-state index contributed by atoms with van der Waals surface area (Å²) in [6, 6.07) is 0.937. The Bertz CT molecular complexity index is 605. The normalized spacial score (nSPS) is 35.4. The van der Waals surface area contributed by atoms with Gasteiger partial charge in [0.25, 0.3) is 0 Å². The van der Waals surface area contributed by atoms with E-state index in [1.807, 2.05) is 0 Å². The summed E-state index contributed by atoms with van der Waals surface area (Å²) in [5.74, 6) is 2.37. The van der Waals surface area contributed by atoms with Crippen LogP contribution in [0.4, 0.5) is 0 Å². The van der Waals surface area contributed by atoms with Gasteiger partial charge in [-0.2, -0.15) is 0 Å². The molecular formula is C21H34N4O2. The molecule has 0 aromatic rings. The lowest BCUT2D eigenvalue weighted by Gasteiger charge is -2.63.